The lowest BCUT2D eigenvalue weighted by Crippen LogP contribution is -2.42. The highest BCUT2D eigenvalue weighted by atomic mass is 19.1. The minimum atomic E-state index is -0.428. The molecule has 138 valence electrons. The molecule has 1 amide bonds. The zero-order valence-corrected chi connectivity index (χ0v) is 14.7. The SMILES string of the molecule is CC(C)n1ncc(NC(=O)c2ccc(F)cc2)c(N2CCOCC2)c1=O. The third kappa shape index (κ3) is 3.75. The van der Waals surface area contributed by atoms with Crippen LogP contribution in [-0.4, -0.2) is 42.0 Å². The second-order valence-corrected chi connectivity index (χ2v) is 6.31. The average Bonchev–Trinajstić information content (AvgIpc) is 2.63. The van der Waals surface area contributed by atoms with Crippen LogP contribution in [0.25, 0.3) is 0 Å². The molecule has 0 atom stereocenters. The molecular formula is C18H21FN4O3. The number of hydrogen-bond donors (Lipinski definition) is 1. The maximum atomic E-state index is 13.1. The van der Waals surface area contributed by atoms with E-state index in [1.165, 1.54) is 35.1 Å². The molecule has 1 N–H and O–H groups in total. The molecule has 1 aromatic heterocycles. The van der Waals surface area contributed by atoms with E-state index in [1.807, 2.05) is 18.7 Å². The number of anilines is 2. The van der Waals surface area contributed by atoms with Gasteiger partial charge in [-0.3, -0.25) is 9.59 Å². The second kappa shape index (κ2) is 7.65. The van der Waals surface area contributed by atoms with Gasteiger partial charge in [0.25, 0.3) is 11.5 Å². The summed E-state index contributed by atoms with van der Waals surface area (Å²) < 4.78 is 19.8. The standard InChI is InChI=1S/C18H21FN4O3/c1-12(2)23-18(25)16(22-7-9-26-10-8-22)15(11-20-23)21-17(24)13-3-5-14(19)6-4-13/h3-6,11-12H,7-10H2,1-2H3,(H,21,24). The number of rotatable bonds is 4. The smallest absolute Gasteiger partial charge is 0.292 e. The highest BCUT2D eigenvalue weighted by Crippen LogP contribution is 2.23. The van der Waals surface area contributed by atoms with Crippen molar-refractivity contribution >= 4 is 17.3 Å². The van der Waals surface area contributed by atoms with Crippen molar-refractivity contribution in [1.82, 2.24) is 9.78 Å². The van der Waals surface area contributed by atoms with Gasteiger partial charge < -0.3 is 15.0 Å². The average molecular weight is 360 g/mol. The maximum absolute atomic E-state index is 13.1. The predicted octanol–water partition coefficient (Wildman–Crippen LogP) is 2.05. The molecule has 1 fully saturated rings. The molecule has 0 saturated carbocycles. The largest absolute Gasteiger partial charge is 0.378 e. The Bertz CT molecular complexity index is 843. The molecule has 1 saturated heterocycles. The van der Waals surface area contributed by atoms with Crippen molar-refractivity contribution in [3.8, 4) is 0 Å². The molecule has 1 aromatic carbocycles. The number of morpholine rings is 1. The van der Waals surface area contributed by atoms with Gasteiger partial charge in [0.05, 0.1) is 31.1 Å². The number of nitrogens with zero attached hydrogens (tertiary/aromatic N) is 3. The van der Waals surface area contributed by atoms with E-state index >= 15 is 0 Å². The van der Waals surface area contributed by atoms with Gasteiger partial charge in [-0.15, -0.1) is 0 Å². The summed E-state index contributed by atoms with van der Waals surface area (Å²) in [6.45, 7) is 5.86. The lowest BCUT2D eigenvalue weighted by atomic mass is 10.2. The molecule has 8 heteroatoms. The van der Waals surface area contributed by atoms with Crippen LogP contribution in [0.5, 0.6) is 0 Å². The van der Waals surface area contributed by atoms with Crippen molar-refractivity contribution < 1.29 is 13.9 Å². The van der Waals surface area contributed by atoms with Crippen LogP contribution in [0.1, 0.15) is 30.2 Å². The summed E-state index contributed by atoms with van der Waals surface area (Å²) in [5, 5.41) is 6.90. The van der Waals surface area contributed by atoms with Crippen LogP contribution in [-0.2, 0) is 4.74 Å². The summed E-state index contributed by atoms with van der Waals surface area (Å²) in [4.78, 5) is 27.3. The van der Waals surface area contributed by atoms with Gasteiger partial charge in [-0.2, -0.15) is 5.10 Å². The van der Waals surface area contributed by atoms with Crippen LogP contribution in [0.2, 0.25) is 0 Å². The van der Waals surface area contributed by atoms with Gasteiger partial charge in [0.2, 0.25) is 0 Å². The zero-order chi connectivity index (χ0) is 18.7. The highest BCUT2D eigenvalue weighted by Gasteiger charge is 2.22. The molecule has 0 radical (unpaired) electrons. The van der Waals surface area contributed by atoms with Gasteiger partial charge >= 0.3 is 0 Å². The molecule has 2 aromatic rings. The van der Waals surface area contributed by atoms with Crippen molar-refractivity contribution in [2.24, 2.45) is 0 Å². The zero-order valence-electron chi connectivity index (χ0n) is 14.7. The molecule has 0 spiro atoms. The molecule has 0 aliphatic carbocycles. The fourth-order valence-electron chi connectivity index (χ4n) is 2.80. The first-order chi connectivity index (χ1) is 12.5. The van der Waals surface area contributed by atoms with E-state index in [-0.39, 0.29) is 11.6 Å². The van der Waals surface area contributed by atoms with E-state index in [9.17, 15) is 14.0 Å². The molecule has 1 aliphatic heterocycles. The van der Waals surface area contributed by atoms with Crippen molar-refractivity contribution in [2.75, 3.05) is 36.5 Å². The summed E-state index contributed by atoms with van der Waals surface area (Å²) in [5.41, 5.74) is 0.766. The van der Waals surface area contributed by atoms with Crippen LogP contribution in [0, 0.1) is 5.82 Å². The third-order valence-corrected chi connectivity index (χ3v) is 4.15. The maximum Gasteiger partial charge on any atom is 0.292 e. The number of halogens is 1. The van der Waals surface area contributed by atoms with E-state index in [1.54, 1.807) is 0 Å². The van der Waals surface area contributed by atoms with Crippen molar-refractivity contribution in [1.29, 1.82) is 0 Å². The van der Waals surface area contributed by atoms with Gasteiger partial charge in [0, 0.05) is 18.7 Å². The molecule has 7 nitrogen and oxygen atoms in total. The van der Waals surface area contributed by atoms with Crippen LogP contribution < -0.4 is 15.8 Å². The first kappa shape index (κ1) is 18.1. The highest BCUT2D eigenvalue weighted by molar-refractivity contribution is 6.05. The first-order valence-electron chi connectivity index (χ1n) is 8.49. The number of carbonyl (C=O) groups excluding carboxylic acids is 1. The van der Waals surface area contributed by atoms with Gasteiger partial charge in [-0.05, 0) is 38.1 Å². The Kier molecular flexibility index (Phi) is 5.32. The number of benzene rings is 1. The monoisotopic (exact) mass is 360 g/mol. The Balaban J connectivity index is 1.97. The van der Waals surface area contributed by atoms with E-state index in [4.69, 9.17) is 4.74 Å². The lowest BCUT2D eigenvalue weighted by molar-refractivity contribution is 0.102. The van der Waals surface area contributed by atoms with Crippen molar-refractivity contribution in [2.45, 2.75) is 19.9 Å². The predicted molar refractivity (Wildman–Crippen MR) is 96.3 cm³/mol. The number of ether oxygens (including phenoxy) is 1. The lowest BCUT2D eigenvalue weighted by Gasteiger charge is -2.30. The third-order valence-electron chi connectivity index (χ3n) is 4.15. The van der Waals surface area contributed by atoms with Gasteiger partial charge in [-0.1, -0.05) is 0 Å². The minimum Gasteiger partial charge on any atom is -0.378 e. The summed E-state index contributed by atoms with van der Waals surface area (Å²) in [6.07, 6.45) is 1.48. The van der Waals surface area contributed by atoms with Gasteiger partial charge in [-0.25, -0.2) is 9.07 Å². The van der Waals surface area contributed by atoms with E-state index in [0.29, 0.717) is 43.2 Å². The Hall–Kier alpha value is -2.74. The quantitative estimate of drug-likeness (QED) is 0.903. The molecule has 2 heterocycles. The molecule has 0 unspecified atom stereocenters. The molecule has 0 bridgehead atoms. The Morgan fingerprint density at radius 1 is 1.23 bits per heavy atom. The number of aromatic nitrogens is 2. The van der Waals surface area contributed by atoms with Gasteiger partial charge in [0.15, 0.2) is 0 Å². The van der Waals surface area contributed by atoms with E-state index in [0.717, 1.165) is 0 Å². The fourth-order valence-corrected chi connectivity index (χ4v) is 2.80. The van der Waals surface area contributed by atoms with E-state index in [2.05, 4.69) is 10.4 Å². The number of amides is 1. The topological polar surface area (TPSA) is 76.5 Å². The Morgan fingerprint density at radius 3 is 2.50 bits per heavy atom. The fraction of sp³-hybridized carbons (Fsp3) is 0.389. The molecular weight excluding hydrogens is 339 g/mol. The second-order valence-electron chi connectivity index (χ2n) is 6.31. The summed E-state index contributed by atoms with van der Waals surface area (Å²) in [5.74, 6) is -0.847. The number of carbonyl (C=O) groups is 1. The van der Waals surface area contributed by atoms with Crippen LogP contribution >= 0.6 is 0 Å². The van der Waals surface area contributed by atoms with Crippen LogP contribution in [0.4, 0.5) is 15.8 Å². The van der Waals surface area contributed by atoms with Crippen LogP contribution in [0.3, 0.4) is 0 Å². The molecule has 3 rings (SSSR count). The Labute approximate surface area is 150 Å². The van der Waals surface area contributed by atoms with Crippen molar-refractivity contribution in [3.05, 3.63) is 52.2 Å². The first-order valence-corrected chi connectivity index (χ1v) is 8.49. The van der Waals surface area contributed by atoms with Gasteiger partial charge in [0.1, 0.15) is 11.5 Å². The van der Waals surface area contributed by atoms with Crippen molar-refractivity contribution in [3.63, 3.8) is 0 Å². The van der Waals surface area contributed by atoms with E-state index < -0.39 is 11.7 Å². The summed E-state index contributed by atoms with van der Waals surface area (Å²) >= 11 is 0. The van der Waals surface area contributed by atoms with Crippen LogP contribution in [0.15, 0.2) is 35.3 Å². The number of nitrogens with one attached hydrogen (secondary N) is 1. The minimum absolute atomic E-state index is 0.107. The molecule has 1 aliphatic rings. The number of hydrogen-bond acceptors (Lipinski definition) is 5. The molecule has 26 heavy (non-hydrogen) atoms. The summed E-state index contributed by atoms with van der Waals surface area (Å²) in [6, 6.07) is 5.10. The summed E-state index contributed by atoms with van der Waals surface area (Å²) in [7, 11) is 0. The normalized spacial score (nSPS) is 14.5. The Morgan fingerprint density at radius 2 is 1.88 bits per heavy atom.